The highest BCUT2D eigenvalue weighted by Gasteiger charge is 2.24. The highest BCUT2D eigenvalue weighted by molar-refractivity contribution is 6.30. The van der Waals surface area contributed by atoms with Crippen LogP contribution in [0.5, 0.6) is 0 Å². The van der Waals surface area contributed by atoms with Crippen LogP contribution in [0.15, 0.2) is 41.2 Å². The van der Waals surface area contributed by atoms with E-state index in [1.165, 1.54) is 12.8 Å². The van der Waals surface area contributed by atoms with Gasteiger partial charge in [-0.15, -0.1) is 0 Å². The maximum Gasteiger partial charge on any atom is 0.349 e. The minimum Gasteiger partial charge on any atom is -0.276 e. The summed E-state index contributed by atoms with van der Waals surface area (Å²) in [6, 6.07) is 11.4. The van der Waals surface area contributed by atoms with Crippen molar-refractivity contribution in [2.24, 2.45) is 5.92 Å². The highest BCUT2D eigenvalue weighted by Crippen LogP contribution is 2.32. The molecule has 4 nitrogen and oxygen atoms in total. The zero-order valence-electron chi connectivity index (χ0n) is 12.8. The fourth-order valence-electron chi connectivity index (χ4n) is 2.82. The molecule has 0 unspecified atom stereocenters. The topological polar surface area (TPSA) is 47.8 Å². The number of aryl methyl sites for hydroxylation is 1. The minimum atomic E-state index is -0.238. The third-order valence-electron chi connectivity index (χ3n) is 4.20. The van der Waals surface area contributed by atoms with Crippen molar-refractivity contribution in [2.45, 2.75) is 26.3 Å². The van der Waals surface area contributed by atoms with Crippen molar-refractivity contribution in [3.63, 3.8) is 0 Å². The first kappa shape index (κ1) is 14.4. The van der Waals surface area contributed by atoms with Crippen LogP contribution >= 0.6 is 11.6 Å². The van der Waals surface area contributed by atoms with Crippen LogP contribution in [0, 0.1) is 12.8 Å². The quantitative estimate of drug-likeness (QED) is 0.735. The van der Waals surface area contributed by atoms with E-state index in [2.05, 4.69) is 9.97 Å². The van der Waals surface area contributed by atoms with Crippen LogP contribution in [0.2, 0.25) is 5.02 Å². The summed E-state index contributed by atoms with van der Waals surface area (Å²) in [5.74, 6) is 0.581. The van der Waals surface area contributed by atoms with Gasteiger partial charge in [-0.1, -0.05) is 23.7 Å². The molecule has 1 aromatic carbocycles. The SMILES string of the molecule is Cc1ccc2c(-c3cccc(Cl)c3)nc(=O)n(CC3CC3)c2n1. The first-order chi connectivity index (χ1) is 11.1. The lowest BCUT2D eigenvalue weighted by atomic mass is 10.1. The van der Waals surface area contributed by atoms with Crippen LogP contribution in [0.1, 0.15) is 18.5 Å². The van der Waals surface area contributed by atoms with Crippen molar-refractivity contribution in [1.82, 2.24) is 14.5 Å². The lowest BCUT2D eigenvalue weighted by molar-refractivity contribution is 0.608. The molecular formula is C18H16ClN3O. The number of nitrogens with zero attached hydrogens (tertiary/aromatic N) is 3. The largest absolute Gasteiger partial charge is 0.349 e. The standard InChI is InChI=1S/C18H16ClN3O/c1-11-5-8-15-16(13-3-2-4-14(19)9-13)21-18(23)22(17(15)20-11)10-12-6-7-12/h2-5,8-9,12H,6-7,10H2,1H3. The first-order valence-electron chi connectivity index (χ1n) is 7.76. The van der Waals surface area contributed by atoms with E-state index in [4.69, 9.17) is 11.6 Å². The molecule has 116 valence electrons. The van der Waals surface area contributed by atoms with E-state index < -0.39 is 0 Å². The summed E-state index contributed by atoms with van der Waals surface area (Å²) in [5.41, 5.74) is 2.85. The summed E-state index contributed by atoms with van der Waals surface area (Å²) in [6.07, 6.45) is 2.35. The number of rotatable bonds is 3. The Kier molecular flexibility index (Phi) is 3.42. The molecule has 2 heterocycles. The molecule has 1 saturated carbocycles. The van der Waals surface area contributed by atoms with Gasteiger partial charge in [-0.3, -0.25) is 4.57 Å². The number of fused-ring (bicyclic) bond motifs is 1. The zero-order chi connectivity index (χ0) is 16.0. The number of pyridine rings is 1. The number of aromatic nitrogens is 3. The number of hydrogen-bond acceptors (Lipinski definition) is 3. The summed E-state index contributed by atoms with van der Waals surface area (Å²) in [5, 5.41) is 1.51. The smallest absolute Gasteiger partial charge is 0.276 e. The highest BCUT2D eigenvalue weighted by atomic mass is 35.5. The molecule has 3 aromatic rings. The van der Waals surface area contributed by atoms with Gasteiger partial charge < -0.3 is 0 Å². The normalized spacial score (nSPS) is 14.3. The van der Waals surface area contributed by atoms with Gasteiger partial charge >= 0.3 is 5.69 Å². The molecule has 4 rings (SSSR count). The van der Waals surface area contributed by atoms with Crippen molar-refractivity contribution in [3.05, 3.63) is 57.6 Å². The summed E-state index contributed by atoms with van der Waals surface area (Å²) in [4.78, 5) is 21.5. The zero-order valence-corrected chi connectivity index (χ0v) is 13.5. The lowest BCUT2D eigenvalue weighted by Crippen LogP contribution is -2.25. The summed E-state index contributed by atoms with van der Waals surface area (Å²) in [7, 11) is 0. The molecular weight excluding hydrogens is 310 g/mol. The van der Waals surface area contributed by atoms with Crippen molar-refractivity contribution in [3.8, 4) is 11.3 Å². The Hall–Kier alpha value is -2.20. The maximum absolute atomic E-state index is 12.6. The molecule has 2 aromatic heterocycles. The van der Waals surface area contributed by atoms with E-state index in [-0.39, 0.29) is 5.69 Å². The summed E-state index contributed by atoms with van der Waals surface area (Å²) < 4.78 is 1.72. The van der Waals surface area contributed by atoms with Gasteiger partial charge in [0.05, 0.1) is 5.69 Å². The van der Waals surface area contributed by atoms with Gasteiger partial charge in [0, 0.05) is 28.2 Å². The number of halogens is 1. The van der Waals surface area contributed by atoms with Gasteiger partial charge in [0.2, 0.25) is 0 Å². The van der Waals surface area contributed by atoms with Crippen molar-refractivity contribution < 1.29 is 0 Å². The van der Waals surface area contributed by atoms with Gasteiger partial charge in [0.25, 0.3) is 0 Å². The minimum absolute atomic E-state index is 0.238. The average Bonchev–Trinajstić information content (AvgIpc) is 3.34. The molecule has 1 fully saturated rings. The third-order valence-corrected chi connectivity index (χ3v) is 4.43. The van der Waals surface area contributed by atoms with E-state index in [0.717, 1.165) is 16.6 Å². The second kappa shape index (κ2) is 5.46. The van der Waals surface area contributed by atoms with Crippen LogP contribution in [0.25, 0.3) is 22.3 Å². The predicted molar refractivity (Wildman–Crippen MR) is 91.7 cm³/mol. The van der Waals surface area contributed by atoms with Gasteiger partial charge in [0.1, 0.15) is 5.65 Å². The summed E-state index contributed by atoms with van der Waals surface area (Å²) in [6.45, 7) is 2.64. The molecule has 1 aliphatic carbocycles. The Bertz CT molecular complexity index is 960. The van der Waals surface area contributed by atoms with E-state index in [1.54, 1.807) is 4.57 Å². The molecule has 1 aliphatic rings. The van der Waals surface area contributed by atoms with Crippen molar-refractivity contribution in [2.75, 3.05) is 0 Å². The molecule has 0 spiro atoms. The average molecular weight is 326 g/mol. The summed E-state index contributed by atoms with van der Waals surface area (Å²) >= 11 is 6.09. The molecule has 0 aliphatic heterocycles. The molecule has 0 N–H and O–H groups in total. The van der Waals surface area contributed by atoms with E-state index in [0.29, 0.717) is 28.8 Å². The van der Waals surface area contributed by atoms with Crippen LogP contribution < -0.4 is 5.69 Å². The van der Waals surface area contributed by atoms with E-state index in [9.17, 15) is 4.79 Å². The van der Waals surface area contributed by atoms with Crippen LogP contribution in [-0.4, -0.2) is 14.5 Å². The Morgan fingerprint density at radius 1 is 1.22 bits per heavy atom. The number of hydrogen-bond donors (Lipinski definition) is 0. The molecule has 0 atom stereocenters. The molecule has 0 radical (unpaired) electrons. The Balaban J connectivity index is 2.00. The van der Waals surface area contributed by atoms with Crippen molar-refractivity contribution >= 4 is 22.6 Å². The van der Waals surface area contributed by atoms with E-state index >= 15 is 0 Å². The molecule has 0 saturated heterocycles. The monoisotopic (exact) mass is 325 g/mol. The molecule has 23 heavy (non-hydrogen) atoms. The lowest BCUT2D eigenvalue weighted by Gasteiger charge is -2.12. The van der Waals surface area contributed by atoms with E-state index in [1.807, 2.05) is 43.3 Å². The predicted octanol–water partition coefficient (Wildman–Crippen LogP) is 3.83. The second-order valence-corrected chi connectivity index (χ2v) is 6.57. The maximum atomic E-state index is 12.6. The van der Waals surface area contributed by atoms with Crippen LogP contribution in [-0.2, 0) is 6.54 Å². The first-order valence-corrected chi connectivity index (χ1v) is 8.14. The number of benzene rings is 1. The third kappa shape index (κ3) is 2.75. The van der Waals surface area contributed by atoms with Crippen LogP contribution in [0.3, 0.4) is 0 Å². The van der Waals surface area contributed by atoms with Gasteiger partial charge in [-0.2, -0.15) is 4.98 Å². The van der Waals surface area contributed by atoms with Crippen molar-refractivity contribution in [1.29, 1.82) is 0 Å². The fourth-order valence-corrected chi connectivity index (χ4v) is 3.01. The fraction of sp³-hybridized carbons (Fsp3) is 0.278. The second-order valence-electron chi connectivity index (χ2n) is 6.13. The Morgan fingerprint density at radius 3 is 2.78 bits per heavy atom. The molecule has 0 bridgehead atoms. The van der Waals surface area contributed by atoms with Gasteiger partial charge in [-0.25, -0.2) is 9.78 Å². The Labute approximate surface area is 138 Å². The van der Waals surface area contributed by atoms with Gasteiger partial charge in [-0.05, 0) is 49.9 Å². The van der Waals surface area contributed by atoms with Gasteiger partial charge in [0.15, 0.2) is 0 Å². The molecule has 5 heteroatoms. The van der Waals surface area contributed by atoms with Crippen LogP contribution in [0.4, 0.5) is 0 Å². The molecule has 0 amide bonds. The Morgan fingerprint density at radius 2 is 2.04 bits per heavy atom.